The van der Waals surface area contributed by atoms with Gasteiger partial charge in [-0.2, -0.15) is 0 Å². The van der Waals surface area contributed by atoms with Crippen LogP contribution in [0.2, 0.25) is 0 Å². The molecular formula is C46H29N3S. The average molecular weight is 656 g/mol. The lowest BCUT2D eigenvalue weighted by atomic mass is 9.91. The van der Waals surface area contributed by atoms with E-state index in [0.29, 0.717) is 0 Å². The summed E-state index contributed by atoms with van der Waals surface area (Å²) in [6.45, 7) is 0. The molecule has 0 radical (unpaired) electrons. The predicted octanol–water partition coefficient (Wildman–Crippen LogP) is 12.6. The van der Waals surface area contributed by atoms with Crippen molar-refractivity contribution in [3.63, 3.8) is 0 Å². The van der Waals surface area contributed by atoms with Crippen LogP contribution in [0.25, 0.3) is 92.7 Å². The van der Waals surface area contributed by atoms with E-state index < -0.39 is 0 Å². The maximum atomic E-state index is 5.36. The number of rotatable bonds is 5. The molecule has 0 unspecified atom stereocenters. The number of nitrogens with zero attached hydrogens (tertiary/aromatic N) is 3. The molecule has 0 saturated carbocycles. The van der Waals surface area contributed by atoms with E-state index in [1.807, 2.05) is 11.3 Å². The minimum Gasteiger partial charge on any atom is -0.292 e. The molecule has 0 amide bonds. The van der Waals surface area contributed by atoms with Gasteiger partial charge in [-0.05, 0) is 52.2 Å². The first-order chi connectivity index (χ1) is 24.8. The smallest absolute Gasteiger partial charge is 0.145 e. The van der Waals surface area contributed by atoms with Gasteiger partial charge in [0.25, 0.3) is 0 Å². The van der Waals surface area contributed by atoms with Crippen molar-refractivity contribution in [1.29, 1.82) is 0 Å². The van der Waals surface area contributed by atoms with E-state index in [9.17, 15) is 0 Å². The Morgan fingerprint density at radius 3 is 1.92 bits per heavy atom. The van der Waals surface area contributed by atoms with Gasteiger partial charge in [-0.15, -0.1) is 11.3 Å². The summed E-state index contributed by atoms with van der Waals surface area (Å²) in [7, 11) is 0. The van der Waals surface area contributed by atoms with Crippen molar-refractivity contribution in [2.24, 2.45) is 0 Å². The van der Waals surface area contributed by atoms with E-state index in [-0.39, 0.29) is 0 Å². The van der Waals surface area contributed by atoms with Crippen LogP contribution in [0.5, 0.6) is 0 Å². The maximum absolute atomic E-state index is 5.36. The summed E-state index contributed by atoms with van der Waals surface area (Å²) in [6, 6.07) is 62.3. The molecule has 0 N–H and O–H groups in total. The predicted molar refractivity (Wildman–Crippen MR) is 211 cm³/mol. The van der Waals surface area contributed by atoms with Gasteiger partial charge in [-0.25, -0.2) is 9.97 Å². The van der Waals surface area contributed by atoms with Gasteiger partial charge in [0.2, 0.25) is 0 Å². The first-order valence-corrected chi connectivity index (χ1v) is 17.7. The highest BCUT2D eigenvalue weighted by Crippen LogP contribution is 2.51. The minimum atomic E-state index is 0.927. The van der Waals surface area contributed by atoms with E-state index in [2.05, 4.69) is 180 Å². The fraction of sp³-hybridized carbons (Fsp3) is 0. The van der Waals surface area contributed by atoms with Gasteiger partial charge in [-0.1, -0.05) is 146 Å². The van der Waals surface area contributed by atoms with Crippen molar-refractivity contribution < 1.29 is 0 Å². The Morgan fingerprint density at radius 2 is 1.10 bits per heavy atom. The molecule has 50 heavy (non-hydrogen) atoms. The molecule has 0 aliphatic rings. The van der Waals surface area contributed by atoms with Crippen LogP contribution < -0.4 is 0 Å². The molecule has 0 fully saturated rings. The summed E-state index contributed by atoms with van der Waals surface area (Å²) in [5.74, 6) is 0.927. The zero-order valence-corrected chi connectivity index (χ0v) is 27.8. The van der Waals surface area contributed by atoms with Crippen molar-refractivity contribution >= 4 is 54.1 Å². The lowest BCUT2D eigenvalue weighted by Gasteiger charge is -2.13. The maximum Gasteiger partial charge on any atom is 0.145 e. The Bertz CT molecular complexity index is 2840. The second-order valence-corrected chi connectivity index (χ2v) is 13.6. The number of hydrogen-bond donors (Lipinski definition) is 0. The molecule has 3 aromatic heterocycles. The molecule has 0 aliphatic carbocycles. The topological polar surface area (TPSA) is 30.7 Å². The van der Waals surface area contributed by atoms with E-state index in [0.717, 1.165) is 44.9 Å². The molecule has 10 aromatic rings. The molecule has 0 saturated heterocycles. The van der Waals surface area contributed by atoms with Gasteiger partial charge in [0.05, 0.1) is 22.2 Å². The number of para-hydroxylation sites is 4. The fourth-order valence-electron chi connectivity index (χ4n) is 7.32. The van der Waals surface area contributed by atoms with Gasteiger partial charge in [0, 0.05) is 42.7 Å². The van der Waals surface area contributed by atoms with Gasteiger partial charge in [0.1, 0.15) is 5.82 Å². The van der Waals surface area contributed by atoms with Crippen LogP contribution in [-0.4, -0.2) is 14.5 Å². The third-order valence-electron chi connectivity index (χ3n) is 9.61. The Morgan fingerprint density at radius 1 is 0.460 bits per heavy atom. The Labute approximate surface area is 293 Å². The van der Waals surface area contributed by atoms with Crippen molar-refractivity contribution in [3.8, 4) is 49.9 Å². The monoisotopic (exact) mass is 655 g/mol. The Kier molecular flexibility index (Phi) is 6.68. The van der Waals surface area contributed by atoms with Crippen LogP contribution in [0.15, 0.2) is 176 Å². The molecule has 0 bridgehead atoms. The van der Waals surface area contributed by atoms with Gasteiger partial charge >= 0.3 is 0 Å². The normalized spacial score (nSPS) is 11.6. The summed E-state index contributed by atoms with van der Waals surface area (Å²) in [5.41, 5.74) is 11.0. The number of imidazole rings is 1. The third-order valence-corrected chi connectivity index (χ3v) is 10.9. The summed E-state index contributed by atoms with van der Waals surface area (Å²) >= 11 is 1.86. The molecule has 0 aliphatic heterocycles. The summed E-state index contributed by atoms with van der Waals surface area (Å²) in [4.78, 5) is 11.7. The molecule has 3 nitrogen and oxygen atoms in total. The van der Waals surface area contributed by atoms with Crippen molar-refractivity contribution in [2.75, 3.05) is 0 Å². The number of fused-ring (bicyclic) bond motifs is 5. The van der Waals surface area contributed by atoms with Crippen LogP contribution in [0.3, 0.4) is 0 Å². The number of benzene rings is 7. The summed E-state index contributed by atoms with van der Waals surface area (Å²) < 4.78 is 3.51. The van der Waals surface area contributed by atoms with Crippen molar-refractivity contribution in [3.05, 3.63) is 176 Å². The zero-order chi connectivity index (χ0) is 33.0. The quantitative estimate of drug-likeness (QED) is 0.185. The molecule has 0 atom stereocenters. The van der Waals surface area contributed by atoms with Crippen molar-refractivity contribution in [2.45, 2.75) is 0 Å². The first-order valence-electron chi connectivity index (χ1n) is 16.8. The Hall–Kier alpha value is -6.36. The summed E-state index contributed by atoms with van der Waals surface area (Å²) in [5, 5.41) is 4.83. The number of pyridine rings is 1. The molecule has 3 heterocycles. The van der Waals surface area contributed by atoms with E-state index in [1.165, 1.54) is 47.8 Å². The third kappa shape index (κ3) is 4.57. The van der Waals surface area contributed by atoms with Crippen LogP contribution in [0, 0.1) is 0 Å². The molecule has 0 spiro atoms. The molecule has 7 aromatic carbocycles. The number of aromatic nitrogens is 3. The average Bonchev–Trinajstić information content (AvgIpc) is 3.78. The molecular weight excluding hydrogens is 627 g/mol. The van der Waals surface area contributed by atoms with E-state index in [1.54, 1.807) is 0 Å². The SMILES string of the molecule is c1ccc(-c2nc3ccccc3c3sc(-c4ccc(-c5nc6ccccc6n5-c5ccccc5)cc4)c(-c4cccc5ccccc45)c23)cc1. The standard InChI is InChI=1S/C46H29N3S/c1-3-15-31(16-4-1)43-42-41(36-22-13-17-30-14-7-8-20-35(30)36)44(50-45(42)37-21-9-10-23-38(37)47-43)32-26-28-33(29-27-32)46-48-39-24-11-12-25-40(39)49(46)34-18-5-2-6-19-34/h1-29H. The highest BCUT2D eigenvalue weighted by Gasteiger charge is 2.24. The molecule has 4 heteroatoms. The van der Waals surface area contributed by atoms with Crippen LogP contribution in [0.1, 0.15) is 0 Å². The lowest BCUT2D eigenvalue weighted by Crippen LogP contribution is -1.97. The second kappa shape index (κ2) is 11.7. The zero-order valence-electron chi connectivity index (χ0n) is 27.0. The van der Waals surface area contributed by atoms with Gasteiger partial charge in [0.15, 0.2) is 0 Å². The molecule has 234 valence electrons. The highest BCUT2D eigenvalue weighted by atomic mass is 32.1. The largest absolute Gasteiger partial charge is 0.292 e. The molecule has 10 rings (SSSR count). The highest BCUT2D eigenvalue weighted by molar-refractivity contribution is 7.24. The lowest BCUT2D eigenvalue weighted by molar-refractivity contribution is 1.10. The van der Waals surface area contributed by atoms with Crippen LogP contribution in [0.4, 0.5) is 0 Å². The summed E-state index contributed by atoms with van der Waals surface area (Å²) in [6.07, 6.45) is 0. The van der Waals surface area contributed by atoms with Gasteiger partial charge < -0.3 is 0 Å². The van der Waals surface area contributed by atoms with Crippen molar-refractivity contribution in [1.82, 2.24) is 14.5 Å². The van der Waals surface area contributed by atoms with Gasteiger partial charge in [-0.3, -0.25) is 4.57 Å². The minimum absolute atomic E-state index is 0.927. The number of thiophene rings is 1. The fourth-order valence-corrected chi connectivity index (χ4v) is 8.68. The van der Waals surface area contributed by atoms with E-state index in [4.69, 9.17) is 9.97 Å². The second-order valence-electron chi connectivity index (χ2n) is 12.6. The van der Waals surface area contributed by atoms with Crippen LogP contribution >= 0.6 is 11.3 Å². The first kappa shape index (κ1) is 28.6. The Balaban J connectivity index is 1.25. The van der Waals surface area contributed by atoms with E-state index >= 15 is 0 Å². The van der Waals surface area contributed by atoms with Crippen LogP contribution in [-0.2, 0) is 0 Å². The number of hydrogen-bond acceptors (Lipinski definition) is 3.